The predicted molar refractivity (Wildman–Crippen MR) is 361 cm³/mol. The molecule has 0 spiro atoms. The minimum atomic E-state index is -3.22. The molecule has 1 saturated carbocycles. The number of hydrogen-bond acceptors (Lipinski definition) is 23. The van der Waals surface area contributed by atoms with Crippen molar-refractivity contribution < 1.29 is 33.5 Å². The first-order chi connectivity index (χ1) is 43.1. The van der Waals surface area contributed by atoms with Crippen molar-refractivity contribution in [1.29, 1.82) is 5.41 Å². The molecule has 8 aromatic rings. The Hall–Kier alpha value is -7.27. The number of anilines is 2. The van der Waals surface area contributed by atoms with Crippen LogP contribution in [-0.2, 0) is 90.1 Å². The van der Waals surface area contributed by atoms with Crippen molar-refractivity contribution in [1.82, 2.24) is 74.2 Å². The van der Waals surface area contributed by atoms with Gasteiger partial charge >= 0.3 is 17.1 Å². The molecule has 92 heavy (non-hydrogen) atoms. The lowest BCUT2D eigenvalue weighted by atomic mass is 10.2. The molecule has 0 saturated heterocycles. The fourth-order valence-corrected chi connectivity index (χ4v) is 7.35. The summed E-state index contributed by atoms with van der Waals surface area (Å²) in [7, 11) is 8.10. The lowest BCUT2D eigenvalue weighted by Gasteiger charge is -2.10. The van der Waals surface area contributed by atoms with Crippen LogP contribution in [0.4, 0.5) is 11.6 Å². The third-order valence-corrected chi connectivity index (χ3v) is 11.9. The van der Waals surface area contributed by atoms with E-state index in [1.165, 1.54) is 20.3 Å². The first-order valence-corrected chi connectivity index (χ1v) is 33.4. The minimum absolute atomic E-state index is 0. The molecular weight excluding hydrogens is 1360 g/mol. The number of amidine groups is 1. The van der Waals surface area contributed by atoms with Gasteiger partial charge in [-0.15, -0.1) is 12.4 Å². The summed E-state index contributed by atoms with van der Waals surface area (Å²) < 4.78 is 29.2. The van der Waals surface area contributed by atoms with Gasteiger partial charge in [0.15, 0.2) is 0 Å². The van der Waals surface area contributed by atoms with E-state index >= 15 is 0 Å². The lowest BCUT2D eigenvalue weighted by molar-refractivity contribution is -0.151. The summed E-state index contributed by atoms with van der Waals surface area (Å²) in [5, 5.41) is 32.1. The van der Waals surface area contributed by atoms with Gasteiger partial charge in [-0.05, 0) is 52.3 Å². The van der Waals surface area contributed by atoms with Gasteiger partial charge in [0, 0.05) is 150 Å². The number of ether oxygens (including phenoxy) is 3. The van der Waals surface area contributed by atoms with Gasteiger partial charge in [-0.3, -0.25) is 43.4 Å². The number of nitrogens with zero attached hydrogens (tertiary/aromatic N) is 14. The fourth-order valence-electron chi connectivity index (χ4n) is 6.70. The Morgan fingerprint density at radius 3 is 1.57 bits per heavy atom. The highest BCUT2D eigenvalue weighted by atomic mass is 36.0. The van der Waals surface area contributed by atoms with E-state index in [-0.39, 0.29) is 36.1 Å². The Morgan fingerprint density at radius 1 is 0.717 bits per heavy atom. The molecule has 1 aliphatic carbocycles. The Bertz CT molecular complexity index is 3520. The molecule has 0 radical (unpaired) electrons. The first kappa shape index (κ1) is 82.7. The van der Waals surface area contributed by atoms with Crippen LogP contribution in [0.5, 0.6) is 11.8 Å². The first-order valence-electron chi connectivity index (χ1n) is 27.8. The van der Waals surface area contributed by atoms with Gasteiger partial charge in [0.05, 0.1) is 51.3 Å². The molecule has 1 fully saturated rings. The number of halogens is 7. The summed E-state index contributed by atoms with van der Waals surface area (Å²) in [4.78, 5) is 67.0. The predicted octanol–water partition coefficient (Wildman–Crippen LogP) is 10.6. The van der Waals surface area contributed by atoms with Crippen molar-refractivity contribution >= 4 is 116 Å². The number of aromatic amines is 1. The summed E-state index contributed by atoms with van der Waals surface area (Å²) in [5.74, 6) is 4.72. The Kier molecular flexibility index (Phi) is 40.6. The SMILES string of the molecule is CCC(=N)N.CCc1nc(Cl)cc(Cl)n1.CCc1nc(Cl)cc(NCc2cnn(C)c2)n1.CCc1nc(NCc2cnn(C)c2)cc(OC[C@H]2C[C@@H]2c2ccccn2)n1.CCc1nc(O)cc(=O)[nH]1.COC(=O)CC(=O)OC.Cl.Cn1cc(CN)cn1.O=P(Cl)(Cl)Cl. The molecule has 0 aromatic carbocycles. The van der Waals surface area contributed by atoms with Crippen LogP contribution >= 0.6 is 86.1 Å². The normalized spacial score (nSPS) is 12.1. The largest absolute Gasteiger partial charge is 0.493 e. The van der Waals surface area contributed by atoms with E-state index in [1.54, 1.807) is 26.3 Å². The van der Waals surface area contributed by atoms with Crippen LogP contribution < -0.4 is 32.4 Å². The van der Waals surface area contributed by atoms with Gasteiger partial charge in [0.1, 0.15) is 56.8 Å². The molecule has 8 aromatic heterocycles. The number of aromatic hydroxyl groups is 1. The van der Waals surface area contributed by atoms with Gasteiger partial charge in [-0.25, -0.2) is 29.9 Å². The maximum atomic E-state index is 10.6. The topological polar surface area (TPSA) is 389 Å². The van der Waals surface area contributed by atoms with Gasteiger partial charge < -0.3 is 46.4 Å². The molecule has 8 heterocycles. The minimum Gasteiger partial charge on any atom is -0.493 e. The van der Waals surface area contributed by atoms with E-state index < -0.39 is 17.1 Å². The zero-order valence-electron chi connectivity index (χ0n) is 52.4. The Labute approximate surface area is 569 Å². The number of nitrogens with one attached hydrogen (secondary N) is 4. The molecule has 36 heteroatoms. The van der Waals surface area contributed by atoms with E-state index in [4.69, 9.17) is 61.5 Å². The smallest absolute Gasteiger partial charge is 0.339 e. The number of hydrogen-bond donors (Lipinski definition) is 7. The summed E-state index contributed by atoms with van der Waals surface area (Å²) in [6.07, 6.45) is 17.5. The van der Waals surface area contributed by atoms with E-state index in [0.29, 0.717) is 83.9 Å². The second kappa shape index (κ2) is 45.1. The third-order valence-electron chi connectivity index (χ3n) is 11.3. The van der Waals surface area contributed by atoms with Crippen LogP contribution in [0.1, 0.15) is 105 Å². The van der Waals surface area contributed by atoms with Crippen molar-refractivity contribution in [3.8, 4) is 11.8 Å². The number of aryl methyl sites for hydroxylation is 7. The molecular formula is C56H78Cl7N20O8P. The number of carbonyl (C=O) groups is 2. The molecule has 0 aliphatic heterocycles. The highest BCUT2D eigenvalue weighted by Crippen LogP contribution is 2.61. The zero-order chi connectivity index (χ0) is 68.1. The maximum absolute atomic E-state index is 10.6. The van der Waals surface area contributed by atoms with Gasteiger partial charge in [-0.2, -0.15) is 20.3 Å². The second-order valence-electron chi connectivity index (χ2n) is 18.6. The monoisotopic (exact) mass is 1430 g/mol. The van der Waals surface area contributed by atoms with Crippen molar-refractivity contribution in [2.24, 2.45) is 38.5 Å². The number of rotatable bonds is 18. The molecule has 0 unspecified atom stereocenters. The molecule has 504 valence electrons. The number of aromatic nitrogens is 15. The van der Waals surface area contributed by atoms with E-state index in [1.807, 2.05) is 111 Å². The number of pyridine rings is 1. The number of methoxy groups -OCH3 is 2. The Balaban J connectivity index is 0.000000565. The second-order valence-corrected chi connectivity index (χ2v) is 26.4. The van der Waals surface area contributed by atoms with E-state index in [2.05, 4.69) is 120 Å². The highest BCUT2D eigenvalue weighted by Gasteiger charge is 2.40. The molecule has 2 atom stereocenters. The maximum Gasteiger partial charge on any atom is 0.339 e. The fraction of sp³-hybridized carbons (Fsp3) is 0.411. The van der Waals surface area contributed by atoms with Crippen molar-refractivity contribution in [3.05, 3.63) is 157 Å². The standard InChI is InChI=1S/C20H24N6O.C11H14ClN5.C6H6Cl2N2.C6H8N2O2.C5H9N3.C5H8O4.C3H8N2.Cl3OP.ClH/c1-3-18-24-19(22-10-14-11-23-26(2)12-14)9-20(25-18)27-13-15-8-16(15)17-6-4-5-7-21-17;1-3-10-15-9(12)4-11(16-10)13-5-8-6-14-17(2)7-8;1-2-6-9-4(7)3-5(8)10-6;1-2-4-7-5(9)3-6(10)8-4;1-8-4-5(2-6)3-7-8;1-8-4(6)3-5(7)9-2;1-2-3(4)5;1-5(2,3)4;/h4-7,9,11-12,15-16H,3,8,10,13H2,1-2H3,(H,22,24,25);4,6-7H,3,5H2,1-2H3,(H,13,15,16);3H,2H2,1H3;3H,2H2,1H3,(H2,7,8,9,10);3-4H,2,6H2,1H3;3H2,1-2H3;2H2,1H3,(H3,4,5);;1H/t15-,16+;;;;;;;;/m1......../s1. The molecule has 9 N–H and O–H groups in total. The molecule has 0 bridgehead atoms. The molecule has 9 rings (SSSR count). The summed E-state index contributed by atoms with van der Waals surface area (Å²) >= 11 is 30.9. The average Bonchev–Trinajstić information content (AvgIpc) is 1.66. The number of esters is 2. The number of nitrogens with two attached hydrogens (primary N) is 2. The van der Waals surface area contributed by atoms with Crippen LogP contribution in [0.15, 0.2) is 90.6 Å². The summed E-state index contributed by atoms with van der Waals surface area (Å²) in [5.41, 5.74) is 14.3. The molecule has 0 amide bonds. The van der Waals surface area contributed by atoms with Crippen LogP contribution in [-0.4, -0.2) is 118 Å². The quantitative estimate of drug-likeness (QED) is 0.0105. The average molecular weight is 1440 g/mol. The van der Waals surface area contributed by atoms with Crippen LogP contribution in [0, 0.1) is 11.3 Å². The van der Waals surface area contributed by atoms with Crippen molar-refractivity contribution in [3.63, 3.8) is 0 Å². The van der Waals surface area contributed by atoms with Crippen molar-refractivity contribution in [2.75, 3.05) is 31.5 Å². The third kappa shape index (κ3) is 37.9. The molecule has 1 aliphatic rings. The number of H-pyrrole nitrogens is 1. The summed E-state index contributed by atoms with van der Waals surface area (Å²) in [6, 6.07) is 12.2. The van der Waals surface area contributed by atoms with Crippen LogP contribution in [0.3, 0.4) is 0 Å². The zero-order valence-corrected chi connectivity index (χ0v) is 58.6. The van der Waals surface area contributed by atoms with Crippen LogP contribution in [0.25, 0.3) is 0 Å². The highest BCUT2D eigenvalue weighted by molar-refractivity contribution is 8.24. The molecule has 28 nitrogen and oxygen atoms in total. The van der Waals surface area contributed by atoms with Gasteiger partial charge in [-0.1, -0.05) is 75.5 Å². The summed E-state index contributed by atoms with van der Waals surface area (Å²) in [6.45, 7) is 12.3. The van der Waals surface area contributed by atoms with Crippen LogP contribution in [0.2, 0.25) is 15.5 Å². The van der Waals surface area contributed by atoms with Gasteiger partial charge in [0.2, 0.25) is 11.8 Å². The van der Waals surface area contributed by atoms with Gasteiger partial charge in [0.25, 0.3) is 5.56 Å². The van der Waals surface area contributed by atoms with E-state index in [0.717, 1.165) is 77.4 Å². The lowest BCUT2D eigenvalue weighted by Crippen LogP contribution is -2.09. The Morgan fingerprint density at radius 2 is 1.17 bits per heavy atom. The van der Waals surface area contributed by atoms with Crippen molar-refractivity contribution in [2.45, 2.75) is 105 Å². The van der Waals surface area contributed by atoms with E-state index in [9.17, 15) is 18.9 Å². The number of carbonyl (C=O) groups excluding carboxylic acids is 2.